The minimum absolute atomic E-state index is 0.00358. The number of rotatable bonds is 6. The monoisotopic (exact) mass is 464 g/mol. The van der Waals surface area contributed by atoms with Crippen molar-refractivity contribution < 1.29 is 13.9 Å². The van der Waals surface area contributed by atoms with E-state index in [1.165, 1.54) is 12.1 Å². The Morgan fingerprint density at radius 1 is 1.24 bits per heavy atom. The van der Waals surface area contributed by atoms with E-state index in [0.717, 1.165) is 60.3 Å². The fraction of sp³-hybridized carbons (Fsp3) is 0.519. The highest BCUT2D eigenvalue weighted by molar-refractivity contribution is 6.06. The number of pyridine rings is 1. The Labute approximate surface area is 200 Å². The highest BCUT2D eigenvalue weighted by atomic mass is 19.1. The van der Waals surface area contributed by atoms with Crippen molar-refractivity contribution in [2.75, 3.05) is 13.2 Å². The second-order valence-electron chi connectivity index (χ2n) is 10.7. The number of carbonyl (C=O) groups is 1. The van der Waals surface area contributed by atoms with Crippen LogP contribution in [0.15, 0.2) is 30.3 Å². The van der Waals surface area contributed by atoms with Crippen LogP contribution in [0.2, 0.25) is 0 Å². The molecule has 0 N–H and O–H groups in total. The molecule has 5 rings (SSSR count). The van der Waals surface area contributed by atoms with Crippen LogP contribution in [-0.4, -0.2) is 44.8 Å². The zero-order valence-corrected chi connectivity index (χ0v) is 20.5. The summed E-state index contributed by atoms with van der Waals surface area (Å²) in [5.74, 6) is 0.0201. The first-order valence-corrected chi connectivity index (χ1v) is 12.3. The third kappa shape index (κ3) is 4.58. The number of ether oxygens (including phenoxy) is 1. The lowest BCUT2D eigenvalue weighted by Crippen LogP contribution is -2.37. The van der Waals surface area contributed by atoms with Gasteiger partial charge in [-0.05, 0) is 77.1 Å². The molecule has 7 heteroatoms. The Hall–Kier alpha value is -2.80. The van der Waals surface area contributed by atoms with Gasteiger partial charge >= 0.3 is 0 Å². The van der Waals surface area contributed by atoms with Gasteiger partial charge in [-0.1, -0.05) is 12.1 Å². The molecule has 3 heterocycles. The lowest BCUT2D eigenvalue weighted by molar-refractivity contribution is 0.0508. The highest BCUT2D eigenvalue weighted by Gasteiger charge is 2.32. The molecule has 1 unspecified atom stereocenters. The molecular weight excluding hydrogens is 431 g/mol. The van der Waals surface area contributed by atoms with Crippen LogP contribution >= 0.6 is 0 Å². The lowest BCUT2D eigenvalue weighted by atomic mass is 10.0. The number of amides is 1. The van der Waals surface area contributed by atoms with E-state index in [1.807, 2.05) is 28.6 Å². The largest absolute Gasteiger partial charge is 0.376 e. The summed E-state index contributed by atoms with van der Waals surface area (Å²) in [6.07, 6.45) is 4.11. The molecule has 2 aliphatic rings. The van der Waals surface area contributed by atoms with Crippen molar-refractivity contribution in [1.82, 2.24) is 19.7 Å². The summed E-state index contributed by atoms with van der Waals surface area (Å²) < 4.78 is 21.7. The fourth-order valence-electron chi connectivity index (χ4n) is 4.81. The van der Waals surface area contributed by atoms with Crippen molar-refractivity contribution in [3.63, 3.8) is 0 Å². The van der Waals surface area contributed by atoms with Gasteiger partial charge in [0, 0.05) is 31.3 Å². The zero-order valence-electron chi connectivity index (χ0n) is 20.5. The SMILES string of the molecule is Cc1nn(C(C)(C)C)c2nc(C3CC3)cc(C(=O)N(Cc3cccc(F)c3)CC3CCCO3)c12. The zero-order chi connectivity index (χ0) is 24.0. The van der Waals surface area contributed by atoms with E-state index < -0.39 is 0 Å². The van der Waals surface area contributed by atoms with E-state index in [4.69, 9.17) is 14.8 Å². The second kappa shape index (κ2) is 8.77. The van der Waals surface area contributed by atoms with Crippen molar-refractivity contribution in [3.8, 4) is 0 Å². The quantitative estimate of drug-likeness (QED) is 0.495. The smallest absolute Gasteiger partial charge is 0.255 e. The van der Waals surface area contributed by atoms with Gasteiger partial charge in [0.2, 0.25) is 0 Å². The molecule has 1 amide bonds. The van der Waals surface area contributed by atoms with Crippen LogP contribution in [0.1, 0.15) is 79.7 Å². The molecule has 0 bridgehead atoms. The number of halogens is 1. The number of benzene rings is 1. The summed E-state index contributed by atoms with van der Waals surface area (Å²) in [4.78, 5) is 20.9. The normalized spacial score (nSPS) is 18.6. The first kappa shape index (κ1) is 23.0. The standard InChI is InChI=1S/C27H33FN4O2/c1-17-24-22(14-23(19-10-11-19)29-25(24)32(30-17)27(2,3)4)26(33)31(16-21-9-6-12-34-21)15-18-7-5-8-20(28)13-18/h5,7-8,13-14,19,21H,6,9-12,15-16H2,1-4H3. The molecule has 1 aromatic carbocycles. The third-order valence-electron chi connectivity index (χ3n) is 6.69. The molecule has 3 aromatic rings. The average molecular weight is 465 g/mol. The maximum atomic E-state index is 14.2. The van der Waals surface area contributed by atoms with Gasteiger partial charge in [0.1, 0.15) is 5.82 Å². The lowest BCUT2D eigenvalue weighted by Gasteiger charge is -2.26. The number of nitrogens with zero attached hydrogens (tertiary/aromatic N) is 4. The van der Waals surface area contributed by atoms with Crippen LogP contribution in [0.3, 0.4) is 0 Å². The maximum absolute atomic E-state index is 14.2. The number of aromatic nitrogens is 3. The van der Waals surface area contributed by atoms with Crippen molar-refractivity contribution in [2.45, 2.75) is 77.5 Å². The van der Waals surface area contributed by atoms with E-state index in [1.54, 1.807) is 6.07 Å². The molecule has 1 saturated heterocycles. The summed E-state index contributed by atoms with van der Waals surface area (Å²) in [6.45, 7) is 9.75. The van der Waals surface area contributed by atoms with E-state index in [2.05, 4.69) is 20.8 Å². The molecule has 0 radical (unpaired) electrons. The minimum Gasteiger partial charge on any atom is -0.376 e. The van der Waals surface area contributed by atoms with Crippen molar-refractivity contribution >= 4 is 16.9 Å². The molecule has 180 valence electrons. The average Bonchev–Trinajstić information content (AvgIpc) is 3.40. The van der Waals surface area contributed by atoms with Crippen LogP contribution in [0.4, 0.5) is 4.39 Å². The van der Waals surface area contributed by atoms with Gasteiger partial charge in [0.25, 0.3) is 5.91 Å². The number of hydrogen-bond donors (Lipinski definition) is 0. The summed E-state index contributed by atoms with van der Waals surface area (Å²) in [6, 6.07) is 8.44. The van der Waals surface area contributed by atoms with Gasteiger partial charge in [-0.15, -0.1) is 0 Å². The van der Waals surface area contributed by atoms with Crippen LogP contribution in [-0.2, 0) is 16.8 Å². The van der Waals surface area contributed by atoms with Crippen LogP contribution in [0, 0.1) is 12.7 Å². The maximum Gasteiger partial charge on any atom is 0.255 e. The van der Waals surface area contributed by atoms with E-state index in [0.29, 0.717) is 24.6 Å². The minimum atomic E-state index is -0.299. The molecule has 2 fully saturated rings. The number of aryl methyl sites for hydroxylation is 1. The van der Waals surface area contributed by atoms with Crippen molar-refractivity contribution in [2.24, 2.45) is 0 Å². The van der Waals surface area contributed by atoms with Crippen LogP contribution < -0.4 is 0 Å². The van der Waals surface area contributed by atoms with Crippen molar-refractivity contribution in [3.05, 3.63) is 58.7 Å². The molecule has 1 atom stereocenters. The Morgan fingerprint density at radius 2 is 2.03 bits per heavy atom. The van der Waals surface area contributed by atoms with Crippen molar-refractivity contribution in [1.29, 1.82) is 0 Å². The molecule has 2 aromatic heterocycles. The summed E-state index contributed by atoms with van der Waals surface area (Å²) >= 11 is 0. The number of hydrogen-bond acceptors (Lipinski definition) is 4. The Bertz CT molecular complexity index is 1220. The molecular formula is C27H33FN4O2. The molecule has 0 spiro atoms. The van der Waals surface area contributed by atoms with Crippen LogP contribution in [0.5, 0.6) is 0 Å². The molecule has 6 nitrogen and oxygen atoms in total. The first-order chi connectivity index (χ1) is 16.2. The van der Waals surface area contributed by atoms with Gasteiger partial charge in [0.15, 0.2) is 5.65 Å². The summed E-state index contributed by atoms with van der Waals surface area (Å²) in [5.41, 5.74) is 3.66. The van der Waals surface area contributed by atoms with Gasteiger partial charge in [-0.2, -0.15) is 5.10 Å². The van der Waals surface area contributed by atoms with E-state index >= 15 is 0 Å². The number of fused-ring (bicyclic) bond motifs is 1. The Morgan fingerprint density at radius 3 is 2.68 bits per heavy atom. The fourth-order valence-corrected chi connectivity index (χ4v) is 4.81. The first-order valence-electron chi connectivity index (χ1n) is 12.3. The highest BCUT2D eigenvalue weighted by Crippen LogP contribution is 2.41. The molecule has 1 saturated carbocycles. The predicted octanol–water partition coefficient (Wildman–Crippen LogP) is 5.33. The molecule has 1 aliphatic heterocycles. The number of carbonyl (C=O) groups excluding carboxylic acids is 1. The predicted molar refractivity (Wildman–Crippen MR) is 129 cm³/mol. The molecule has 34 heavy (non-hydrogen) atoms. The van der Waals surface area contributed by atoms with Crippen LogP contribution in [0.25, 0.3) is 11.0 Å². The summed E-state index contributed by atoms with van der Waals surface area (Å²) in [7, 11) is 0. The third-order valence-corrected chi connectivity index (χ3v) is 6.69. The topological polar surface area (TPSA) is 60.2 Å². The summed E-state index contributed by atoms with van der Waals surface area (Å²) in [5, 5.41) is 5.60. The molecule has 1 aliphatic carbocycles. The van der Waals surface area contributed by atoms with Gasteiger partial charge in [-0.3, -0.25) is 4.79 Å². The Kier molecular flexibility index (Phi) is 5.92. The van der Waals surface area contributed by atoms with Gasteiger partial charge < -0.3 is 9.64 Å². The van der Waals surface area contributed by atoms with Gasteiger partial charge in [-0.25, -0.2) is 14.1 Å². The second-order valence-corrected chi connectivity index (χ2v) is 10.7. The van der Waals surface area contributed by atoms with Gasteiger partial charge in [0.05, 0.1) is 28.3 Å². The van der Waals surface area contributed by atoms with E-state index in [9.17, 15) is 9.18 Å². The van der Waals surface area contributed by atoms with E-state index in [-0.39, 0.29) is 23.4 Å². The Balaban J connectivity index is 1.60.